The molecular weight excluding hydrogens is 628 g/mol. The van der Waals surface area contributed by atoms with E-state index in [0.717, 1.165) is 12.1 Å². The van der Waals surface area contributed by atoms with Crippen LogP contribution >= 0.6 is 0 Å². The molecule has 0 aliphatic heterocycles. The zero-order chi connectivity index (χ0) is 33.3. The van der Waals surface area contributed by atoms with Crippen molar-refractivity contribution in [3.05, 3.63) is 108 Å². The summed E-state index contributed by atoms with van der Waals surface area (Å²) < 4.78 is 64.4. The minimum atomic E-state index is -3.71. The number of carbonyl (C=O) groups excluding carboxylic acids is 1. The van der Waals surface area contributed by atoms with E-state index >= 15 is 8.78 Å². The summed E-state index contributed by atoms with van der Waals surface area (Å²) in [6.45, 7) is 3.42. The maximum Gasteiger partial charge on any atom is 0.322 e. The number of hydrogen-bond donors (Lipinski definition) is 2. The molecule has 3 aromatic heterocycles. The molecule has 3 heterocycles. The maximum absolute atomic E-state index is 16.0. The number of halogens is 2. The van der Waals surface area contributed by atoms with Gasteiger partial charge in [-0.2, -0.15) is 0 Å². The third kappa shape index (κ3) is 6.22. The topological polar surface area (TPSA) is 155 Å². The van der Waals surface area contributed by atoms with Crippen LogP contribution in [0.5, 0.6) is 11.8 Å². The molecule has 3 N–H and O–H groups in total. The lowest BCUT2D eigenvalue weighted by Crippen LogP contribution is -2.18. The lowest BCUT2D eigenvalue weighted by Gasteiger charge is -2.18. The summed E-state index contributed by atoms with van der Waals surface area (Å²) >= 11 is 0. The zero-order valence-electron chi connectivity index (χ0n) is 25.1. The monoisotopic (exact) mass is 655 g/mol. The number of nitrogens with one attached hydrogen (secondary N) is 1. The molecular formula is C33H27F2N7O4S. The van der Waals surface area contributed by atoms with Gasteiger partial charge in [0.05, 0.1) is 27.5 Å². The number of ether oxygens (including phenoxy) is 1. The number of sulfone groups is 1. The highest BCUT2D eigenvalue weighted by atomic mass is 32.2. The molecule has 11 nitrogen and oxygen atoms in total. The first-order valence-electron chi connectivity index (χ1n) is 14.3. The van der Waals surface area contributed by atoms with Crippen LogP contribution in [-0.4, -0.2) is 44.6 Å². The molecule has 0 bridgehead atoms. The van der Waals surface area contributed by atoms with Crippen molar-refractivity contribution < 1.29 is 26.7 Å². The van der Waals surface area contributed by atoms with Gasteiger partial charge in [-0.25, -0.2) is 37.1 Å². The fourth-order valence-electron chi connectivity index (χ4n) is 5.20. The van der Waals surface area contributed by atoms with E-state index in [1.165, 1.54) is 29.2 Å². The molecule has 3 aromatic carbocycles. The van der Waals surface area contributed by atoms with Crippen LogP contribution in [0.25, 0.3) is 28.0 Å². The zero-order valence-corrected chi connectivity index (χ0v) is 25.9. The molecule has 6 aromatic rings. The summed E-state index contributed by atoms with van der Waals surface area (Å²) in [5.74, 6) is -3.21. The number of aryl methyl sites for hydroxylation is 2. The van der Waals surface area contributed by atoms with Crippen molar-refractivity contribution >= 4 is 38.3 Å². The second kappa shape index (κ2) is 12.6. The summed E-state index contributed by atoms with van der Waals surface area (Å²) in [5, 5.41) is 2.76. The van der Waals surface area contributed by atoms with Crippen LogP contribution in [0.3, 0.4) is 0 Å². The molecule has 0 radical (unpaired) electrons. The van der Waals surface area contributed by atoms with Gasteiger partial charge in [0.2, 0.25) is 5.91 Å². The number of nitrogen functional groups attached to an aromatic ring is 1. The predicted molar refractivity (Wildman–Crippen MR) is 172 cm³/mol. The van der Waals surface area contributed by atoms with Crippen LogP contribution in [0.4, 0.5) is 20.3 Å². The Kier molecular flexibility index (Phi) is 8.35. The van der Waals surface area contributed by atoms with Crippen molar-refractivity contribution in [1.82, 2.24) is 24.5 Å². The van der Waals surface area contributed by atoms with Crippen molar-refractivity contribution in [2.45, 2.75) is 25.2 Å². The van der Waals surface area contributed by atoms with Crippen LogP contribution < -0.4 is 15.8 Å². The lowest BCUT2D eigenvalue weighted by molar-refractivity contribution is -0.115. The van der Waals surface area contributed by atoms with Gasteiger partial charge in [0, 0.05) is 41.6 Å². The Morgan fingerprint density at radius 1 is 0.957 bits per heavy atom. The van der Waals surface area contributed by atoms with Gasteiger partial charge in [0.15, 0.2) is 27.3 Å². The van der Waals surface area contributed by atoms with E-state index < -0.39 is 38.8 Å². The molecule has 0 spiro atoms. The molecule has 0 unspecified atom stereocenters. The first kappa shape index (κ1) is 31.2. The predicted octanol–water partition coefficient (Wildman–Crippen LogP) is 5.95. The van der Waals surface area contributed by atoms with E-state index in [1.807, 2.05) is 0 Å². The van der Waals surface area contributed by atoms with E-state index in [1.54, 1.807) is 62.4 Å². The maximum atomic E-state index is 16.0. The van der Waals surface area contributed by atoms with Crippen LogP contribution in [0.15, 0.2) is 90.2 Å². The number of fused-ring (bicyclic) bond motifs is 1. The number of amides is 1. The molecule has 0 fully saturated rings. The molecule has 6 rings (SSSR count). The molecule has 14 heteroatoms. The van der Waals surface area contributed by atoms with Crippen LogP contribution in [0, 0.1) is 25.5 Å². The number of aromatic nitrogens is 5. The van der Waals surface area contributed by atoms with Crippen LogP contribution in [0.2, 0.25) is 0 Å². The highest BCUT2D eigenvalue weighted by molar-refractivity contribution is 7.91. The number of nitrogens with zero attached hydrogens (tertiary/aromatic N) is 5. The van der Waals surface area contributed by atoms with Crippen molar-refractivity contribution in [3.63, 3.8) is 0 Å². The second-order valence-corrected chi connectivity index (χ2v) is 12.7. The molecule has 0 saturated carbocycles. The first-order valence-corrected chi connectivity index (χ1v) is 15.9. The van der Waals surface area contributed by atoms with Gasteiger partial charge in [-0.05, 0) is 38.1 Å². The number of rotatable bonds is 9. The van der Waals surface area contributed by atoms with Crippen molar-refractivity contribution in [1.29, 1.82) is 0 Å². The number of anilines is 2. The third-order valence-electron chi connectivity index (χ3n) is 7.36. The Morgan fingerprint density at radius 3 is 2.38 bits per heavy atom. The number of carbonyl (C=O) groups is 1. The lowest BCUT2D eigenvalue weighted by atomic mass is 10.1. The number of benzene rings is 3. The van der Waals surface area contributed by atoms with Crippen LogP contribution in [-0.2, 0) is 14.6 Å². The van der Waals surface area contributed by atoms with Crippen molar-refractivity contribution in [2.75, 3.05) is 16.8 Å². The fourth-order valence-corrected chi connectivity index (χ4v) is 6.47. The molecule has 1 amide bonds. The summed E-state index contributed by atoms with van der Waals surface area (Å²) in [5.41, 5.74) is 8.25. The van der Waals surface area contributed by atoms with Gasteiger partial charge in [-0.1, -0.05) is 36.4 Å². The third-order valence-corrected chi connectivity index (χ3v) is 9.09. The Balaban J connectivity index is 1.42. The molecule has 0 saturated heterocycles. The Morgan fingerprint density at radius 2 is 1.66 bits per heavy atom. The molecule has 0 aliphatic rings. The van der Waals surface area contributed by atoms with E-state index in [-0.39, 0.29) is 45.8 Å². The Labute approximate surface area is 268 Å². The van der Waals surface area contributed by atoms with Crippen molar-refractivity contribution in [3.8, 4) is 28.7 Å². The summed E-state index contributed by atoms with van der Waals surface area (Å²) in [4.78, 5) is 29.7. The molecule has 47 heavy (non-hydrogen) atoms. The SMILES string of the molecule is Cc1ccnc(Oc2cc(F)c(-n3c(-c4ccccc4NC(=O)CCS(=O)(=O)c4ccccc4)c(C)c4ncnc(N)c43)c(F)c2)n1. The summed E-state index contributed by atoms with van der Waals surface area (Å²) in [6, 6.07) is 18.0. The Hall–Kier alpha value is -5.76. The standard InChI is InChI=1S/C33H27F2N7O4S/c1-19-12-14-37-33(40-19)46-21-16-24(34)30(25(35)17-21)42-29(20(2)28-31(42)32(36)39-18-38-28)23-10-6-7-11-26(23)41-27(43)13-15-47(44,45)22-8-4-3-5-9-22/h3-12,14,16-18H,13,15H2,1-2H3,(H,41,43)(H2,36,38,39). The summed E-state index contributed by atoms with van der Waals surface area (Å²) in [7, 11) is -3.71. The van der Waals surface area contributed by atoms with Gasteiger partial charge in [0.25, 0.3) is 0 Å². The molecule has 238 valence electrons. The van der Waals surface area contributed by atoms with Gasteiger partial charge < -0.3 is 15.8 Å². The number of nitrogens with two attached hydrogens (primary N) is 1. The molecule has 0 aliphatic carbocycles. The fraction of sp³-hybridized carbons (Fsp3) is 0.121. The average molecular weight is 656 g/mol. The minimum Gasteiger partial charge on any atom is -0.424 e. The Bertz CT molecular complexity index is 2240. The van der Waals surface area contributed by atoms with Gasteiger partial charge in [-0.3, -0.25) is 9.36 Å². The normalized spacial score (nSPS) is 11.5. The van der Waals surface area contributed by atoms with Gasteiger partial charge in [-0.15, -0.1) is 0 Å². The quantitative estimate of drug-likeness (QED) is 0.192. The van der Waals surface area contributed by atoms with E-state index in [4.69, 9.17) is 10.5 Å². The van der Waals surface area contributed by atoms with Gasteiger partial charge >= 0.3 is 6.01 Å². The minimum absolute atomic E-state index is 0.0377. The summed E-state index contributed by atoms with van der Waals surface area (Å²) in [6.07, 6.45) is 2.37. The first-order chi connectivity index (χ1) is 22.5. The highest BCUT2D eigenvalue weighted by Crippen LogP contribution is 2.41. The second-order valence-electron chi connectivity index (χ2n) is 10.6. The smallest absolute Gasteiger partial charge is 0.322 e. The average Bonchev–Trinajstić information content (AvgIpc) is 3.33. The van der Waals surface area contributed by atoms with Crippen molar-refractivity contribution in [2.24, 2.45) is 0 Å². The van der Waals surface area contributed by atoms with Crippen LogP contribution in [0.1, 0.15) is 17.7 Å². The van der Waals surface area contributed by atoms with Gasteiger partial charge in [0.1, 0.15) is 23.3 Å². The number of para-hydroxylation sites is 1. The number of hydrogen-bond acceptors (Lipinski definition) is 9. The van der Waals surface area contributed by atoms with E-state index in [9.17, 15) is 13.2 Å². The largest absolute Gasteiger partial charge is 0.424 e. The molecule has 0 atom stereocenters. The van der Waals surface area contributed by atoms with E-state index in [0.29, 0.717) is 22.3 Å². The van der Waals surface area contributed by atoms with E-state index in [2.05, 4.69) is 25.3 Å². The highest BCUT2D eigenvalue weighted by Gasteiger charge is 2.27.